The monoisotopic (exact) mass is 285 g/mol. The van der Waals surface area contributed by atoms with Gasteiger partial charge in [-0.15, -0.1) is 0 Å². The molecule has 0 radical (unpaired) electrons. The molecule has 2 aromatic carbocycles. The van der Waals surface area contributed by atoms with Crippen molar-refractivity contribution in [1.82, 2.24) is 5.48 Å². The van der Waals surface area contributed by atoms with E-state index in [2.05, 4.69) is 17.6 Å². The van der Waals surface area contributed by atoms with Crippen LogP contribution < -0.4 is 5.48 Å². The number of hydrogen-bond acceptors (Lipinski definition) is 2. The summed E-state index contributed by atoms with van der Waals surface area (Å²) in [7, 11) is 0. The van der Waals surface area contributed by atoms with Crippen LogP contribution in [0.15, 0.2) is 54.6 Å². The average Bonchev–Trinajstić information content (AvgIpc) is 3.04. The molecule has 110 valence electrons. The maximum atomic E-state index is 13.1. The summed E-state index contributed by atoms with van der Waals surface area (Å²) in [6.07, 6.45) is 4.98. The van der Waals surface area contributed by atoms with Crippen molar-refractivity contribution in [2.75, 3.05) is 0 Å². The molecule has 0 amide bonds. The minimum Gasteiger partial charge on any atom is -0.298 e. The summed E-state index contributed by atoms with van der Waals surface area (Å²) in [4.78, 5) is 5.86. The van der Waals surface area contributed by atoms with Gasteiger partial charge in [0.05, 0.1) is 12.1 Å². The molecule has 1 fully saturated rings. The van der Waals surface area contributed by atoms with E-state index in [1.54, 1.807) is 12.1 Å². The van der Waals surface area contributed by atoms with Gasteiger partial charge in [0.2, 0.25) is 0 Å². The lowest BCUT2D eigenvalue weighted by atomic mass is 9.99. The molecule has 1 unspecified atom stereocenters. The van der Waals surface area contributed by atoms with Crippen molar-refractivity contribution in [3.8, 4) is 0 Å². The Hall–Kier alpha value is -1.71. The molecule has 3 heteroatoms. The van der Waals surface area contributed by atoms with Crippen LogP contribution in [0.25, 0.3) is 0 Å². The number of halogens is 1. The molecular formula is C18H20FNO. The van der Waals surface area contributed by atoms with E-state index in [4.69, 9.17) is 4.84 Å². The summed E-state index contributed by atoms with van der Waals surface area (Å²) in [5, 5.41) is 0. The SMILES string of the molecule is Fc1ccc(C(NOC2CCCC2)c2ccccc2)cc1. The number of hydroxylamine groups is 1. The van der Waals surface area contributed by atoms with Crippen LogP contribution in [0.4, 0.5) is 4.39 Å². The molecule has 2 aromatic rings. The van der Waals surface area contributed by atoms with Gasteiger partial charge in [-0.05, 0) is 36.1 Å². The van der Waals surface area contributed by atoms with Gasteiger partial charge >= 0.3 is 0 Å². The third-order valence-corrected chi connectivity index (χ3v) is 3.99. The fraction of sp³-hybridized carbons (Fsp3) is 0.333. The Bertz CT molecular complexity index is 549. The van der Waals surface area contributed by atoms with Crippen molar-refractivity contribution in [3.63, 3.8) is 0 Å². The normalized spacial score (nSPS) is 17.0. The molecule has 1 aliphatic carbocycles. The zero-order chi connectivity index (χ0) is 14.5. The summed E-state index contributed by atoms with van der Waals surface area (Å²) in [5.41, 5.74) is 5.30. The first kappa shape index (κ1) is 14.2. The highest BCUT2D eigenvalue weighted by Crippen LogP contribution is 2.25. The Morgan fingerprint density at radius 2 is 1.52 bits per heavy atom. The van der Waals surface area contributed by atoms with Gasteiger partial charge in [0.25, 0.3) is 0 Å². The van der Waals surface area contributed by atoms with Gasteiger partial charge < -0.3 is 0 Å². The molecule has 0 aromatic heterocycles. The molecule has 1 aliphatic rings. The van der Waals surface area contributed by atoms with Crippen molar-refractivity contribution in [2.45, 2.75) is 37.8 Å². The van der Waals surface area contributed by atoms with E-state index in [1.165, 1.54) is 25.0 Å². The first-order valence-corrected chi connectivity index (χ1v) is 7.54. The zero-order valence-electron chi connectivity index (χ0n) is 12.0. The first-order valence-electron chi connectivity index (χ1n) is 7.54. The van der Waals surface area contributed by atoms with Crippen molar-refractivity contribution in [2.24, 2.45) is 0 Å². The third-order valence-electron chi connectivity index (χ3n) is 3.99. The van der Waals surface area contributed by atoms with Crippen molar-refractivity contribution in [1.29, 1.82) is 0 Å². The summed E-state index contributed by atoms with van der Waals surface area (Å²) in [6.45, 7) is 0. The maximum absolute atomic E-state index is 13.1. The number of rotatable bonds is 5. The average molecular weight is 285 g/mol. The van der Waals surface area contributed by atoms with Crippen LogP contribution in [-0.4, -0.2) is 6.10 Å². The topological polar surface area (TPSA) is 21.3 Å². The van der Waals surface area contributed by atoms with Crippen molar-refractivity contribution >= 4 is 0 Å². The first-order chi connectivity index (χ1) is 10.3. The van der Waals surface area contributed by atoms with Gasteiger partial charge in [0, 0.05) is 0 Å². The predicted molar refractivity (Wildman–Crippen MR) is 81.2 cm³/mol. The van der Waals surface area contributed by atoms with E-state index in [-0.39, 0.29) is 18.0 Å². The second-order valence-electron chi connectivity index (χ2n) is 5.54. The van der Waals surface area contributed by atoms with Gasteiger partial charge in [0.15, 0.2) is 0 Å². The lowest BCUT2D eigenvalue weighted by Crippen LogP contribution is -2.27. The maximum Gasteiger partial charge on any atom is 0.123 e. The molecule has 0 bridgehead atoms. The van der Waals surface area contributed by atoms with Gasteiger partial charge in [0.1, 0.15) is 5.82 Å². The minimum absolute atomic E-state index is 0.0765. The van der Waals surface area contributed by atoms with Crippen LogP contribution in [0.2, 0.25) is 0 Å². The number of hydrogen-bond donors (Lipinski definition) is 1. The van der Waals surface area contributed by atoms with E-state index < -0.39 is 0 Å². The lowest BCUT2D eigenvalue weighted by Gasteiger charge is -2.22. The van der Waals surface area contributed by atoms with Crippen LogP contribution in [0.1, 0.15) is 42.9 Å². The third kappa shape index (κ3) is 3.69. The molecular weight excluding hydrogens is 265 g/mol. The second kappa shape index (κ2) is 6.83. The molecule has 21 heavy (non-hydrogen) atoms. The molecule has 0 heterocycles. The van der Waals surface area contributed by atoms with Crippen LogP contribution >= 0.6 is 0 Å². The molecule has 0 spiro atoms. The highest BCUT2D eigenvalue weighted by molar-refractivity contribution is 5.31. The van der Waals surface area contributed by atoms with Crippen LogP contribution in [0.5, 0.6) is 0 Å². The van der Waals surface area contributed by atoms with E-state index in [0.717, 1.165) is 24.0 Å². The van der Waals surface area contributed by atoms with Gasteiger partial charge in [-0.25, -0.2) is 4.39 Å². The van der Waals surface area contributed by atoms with Crippen molar-refractivity contribution < 1.29 is 9.23 Å². The van der Waals surface area contributed by atoms with Crippen LogP contribution in [0.3, 0.4) is 0 Å². The zero-order valence-corrected chi connectivity index (χ0v) is 12.0. The summed E-state index contributed by atoms with van der Waals surface area (Å²) < 4.78 is 13.1. The Kier molecular flexibility index (Phi) is 4.63. The quantitative estimate of drug-likeness (QED) is 0.823. The van der Waals surface area contributed by atoms with Crippen LogP contribution in [-0.2, 0) is 4.84 Å². The Morgan fingerprint density at radius 3 is 2.19 bits per heavy atom. The highest BCUT2D eigenvalue weighted by atomic mass is 19.1. The summed E-state index contributed by atoms with van der Waals surface area (Å²) in [6, 6.07) is 16.6. The molecule has 1 N–H and O–H groups in total. The Labute approximate surface area is 124 Å². The minimum atomic E-state index is -0.220. The Balaban J connectivity index is 1.78. The fourth-order valence-corrected chi connectivity index (χ4v) is 2.80. The number of benzene rings is 2. The largest absolute Gasteiger partial charge is 0.298 e. The smallest absolute Gasteiger partial charge is 0.123 e. The second-order valence-corrected chi connectivity index (χ2v) is 5.54. The molecule has 1 atom stereocenters. The lowest BCUT2D eigenvalue weighted by molar-refractivity contribution is -0.0340. The van der Waals surface area contributed by atoms with Crippen LogP contribution in [0, 0.1) is 5.82 Å². The standard InChI is InChI=1S/C18H20FNO/c19-16-12-10-15(11-13-16)18(14-6-2-1-3-7-14)20-21-17-8-4-5-9-17/h1-3,6-7,10-13,17-18,20H,4-5,8-9H2. The highest BCUT2D eigenvalue weighted by Gasteiger charge is 2.19. The fourth-order valence-electron chi connectivity index (χ4n) is 2.80. The predicted octanol–water partition coefficient (Wildman–Crippen LogP) is 4.38. The molecule has 2 nitrogen and oxygen atoms in total. The van der Waals surface area contributed by atoms with Gasteiger partial charge in [-0.3, -0.25) is 4.84 Å². The number of nitrogens with one attached hydrogen (secondary N) is 1. The molecule has 1 saturated carbocycles. The van der Waals surface area contributed by atoms with E-state index in [9.17, 15) is 4.39 Å². The summed E-state index contributed by atoms with van der Waals surface area (Å²) in [5.74, 6) is -0.220. The van der Waals surface area contributed by atoms with E-state index in [0.29, 0.717) is 0 Å². The summed E-state index contributed by atoms with van der Waals surface area (Å²) >= 11 is 0. The molecule has 0 aliphatic heterocycles. The Morgan fingerprint density at radius 1 is 0.905 bits per heavy atom. The van der Waals surface area contributed by atoms with E-state index in [1.807, 2.05) is 18.2 Å². The van der Waals surface area contributed by atoms with Gasteiger partial charge in [-0.2, -0.15) is 5.48 Å². The molecule has 3 rings (SSSR count). The molecule has 0 saturated heterocycles. The van der Waals surface area contributed by atoms with Gasteiger partial charge in [-0.1, -0.05) is 55.3 Å². The van der Waals surface area contributed by atoms with E-state index >= 15 is 0 Å². The van der Waals surface area contributed by atoms with Crippen molar-refractivity contribution in [3.05, 3.63) is 71.5 Å².